The number of ether oxygens (including phenoxy) is 2. The van der Waals surface area contributed by atoms with Crippen molar-refractivity contribution in [3.05, 3.63) is 54.0 Å². The lowest BCUT2D eigenvalue weighted by atomic mass is 10.0. The van der Waals surface area contributed by atoms with Gasteiger partial charge in [-0.05, 0) is 52.1 Å². The van der Waals surface area contributed by atoms with Gasteiger partial charge in [-0.2, -0.15) is 4.98 Å². The summed E-state index contributed by atoms with van der Waals surface area (Å²) >= 11 is 0. The number of amides is 2. The average molecular weight is 583 g/mol. The number of pyridine rings is 3. The Labute approximate surface area is 249 Å². The molecule has 0 radical (unpaired) electrons. The number of anilines is 3. The Hall–Kier alpha value is -4.71. The van der Waals surface area contributed by atoms with Gasteiger partial charge in [-0.3, -0.25) is 9.78 Å². The number of aromatic nitrogens is 4. The summed E-state index contributed by atoms with van der Waals surface area (Å²) in [6.07, 6.45) is 4.58. The fourth-order valence-electron chi connectivity index (χ4n) is 6.09. The molecule has 0 spiro atoms. The van der Waals surface area contributed by atoms with Crippen LogP contribution < -0.4 is 15.0 Å². The summed E-state index contributed by atoms with van der Waals surface area (Å²) < 4.78 is 13.6. The lowest BCUT2D eigenvalue weighted by Crippen LogP contribution is -2.56. The van der Waals surface area contributed by atoms with E-state index in [-0.39, 0.29) is 12.6 Å². The van der Waals surface area contributed by atoms with Crippen LogP contribution in [0.25, 0.3) is 22.3 Å². The zero-order valence-electron chi connectivity index (χ0n) is 24.9. The molecule has 0 saturated carbocycles. The molecule has 43 heavy (non-hydrogen) atoms. The number of imide groups is 1. The molecule has 4 aromatic rings. The zero-order valence-corrected chi connectivity index (χ0v) is 24.9. The molecule has 0 aromatic carbocycles. The fourth-order valence-corrected chi connectivity index (χ4v) is 6.09. The van der Waals surface area contributed by atoms with Crippen LogP contribution in [0.2, 0.25) is 0 Å². The van der Waals surface area contributed by atoms with Crippen LogP contribution in [0.4, 0.5) is 22.0 Å². The maximum absolute atomic E-state index is 13.9. The molecule has 2 amide bonds. The number of likely N-dealkylation sites (N-methyl/N-ethyl adjacent to an activating group) is 1. The van der Waals surface area contributed by atoms with Crippen LogP contribution in [0.5, 0.6) is 5.88 Å². The molecular formula is C31H34N8O4. The minimum atomic E-state index is -0.759. The van der Waals surface area contributed by atoms with Crippen molar-refractivity contribution >= 4 is 40.2 Å². The smallest absolute Gasteiger partial charge is 0.417 e. The van der Waals surface area contributed by atoms with Crippen molar-refractivity contribution < 1.29 is 19.1 Å². The summed E-state index contributed by atoms with van der Waals surface area (Å²) in [6.45, 7) is 8.73. The molecule has 12 heteroatoms. The Balaban J connectivity index is 1.28. The van der Waals surface area contributed by atoms with Gasteiger partial charge in [-0.1, -0.05) is 0 Å². The Morgan fingerprint density at radius 1 is 1.12 bits per heavy atom. The maximum atomic E-state index is 13.9. The molecule has 1 fully saturated rings. The van der Waals surface area contributed by atoms with Crippen LogP contribution in [0.1, 0.15) is 36.7 Å². The number of aryl methyl sites for hydroxylation is 1. The number of nitrogens with one attached hydrogen (secondary N) is 1. The first kappa shape index (κ1) is 27.1. The Morgan fingerprint density at radius 3 is 2.77 bits per heavy atom. The third-order valence-electron chi connectivity index (χ3n) is 8.10. The van der Waals surface area contributed by atoms with Gasteiger partial charge in [0, 0.05) is 55.6 Å². The summed E-state index contributed by atoms with van der Waals surface area (Å²) in [5.74, 6) is 0.612. The lowest BCUT2D eigenvalue weighted by molar-refractivity contribution is 0.0248. The van der Waals surface area contributed by atoms with Crippen molar-refractivity contribution in [3.63, 3.8) is 0 Å². The molecule has 0 bridgehead atoms. The molecular weight excluding hydrogens is 548 g/mol. The highest BCUT2D eigenvalue weighted by Gasteiger charge is 2.40. The summed E-state index contributed by atoms with van der Waals surface area (Å²) in [5, 5.41) is 4.20. The minimum absolute atomic E-state index is 0.0309. The van der Waals surface area contributed by atoms with E-state index in [9.17, 15) is 9.59 Å². The standard InChI is InChI=1S/C31H34N8O4/c1-31(2,3)43-30(41)39-16-21-25(29(39)40)22(14-33-26(21)19-8-10-32-27-20(19)9-11-37(27)5)34-24-7-6-23-28(35-24)42-17-18-15-36(4)12-13-38(18)23/h6-11,14,18H,12-13,15-17H2,1-5H3,(H,34,35)/t18-/m1/s1. The van der Waals surface area contributed by atoms with E-state index in [1.54, 1.807) is 33.2 Å². The molecule has 3 aliphatic heterocycles. The van der Waals surface area contributed by atoms with Crippen LogP contribution in [0.15, 0.2) is 42.9 Å². The lowest BCUT2D eigenvalue weighted by Gasteiger charge is -2.44. The van der Waals surface area contributed by atoms with Crippen molar-refractivity contribution in [3.8, 4) is 17.1 Å². The van der Waals surface area contributed by atoms with Crippen LogP contribution in [0.3, 0.4) is 0 Å². The first-order valence-electron chi connectivity index (χ1n) is 14.4. The Kier molecular flexibility index (Phi) is 6.27. The Morgan fingerprint density at radius 2 is 1.95 bits per heavy atom. The van der Waals surface area contributed by atoms with Crippen molar-refractivity contribution in [2.45, 2.75) is 39.0 Å². The predicted octanol–water partition coefficient (Wildman–Crippen LogP) is 4.18. The van der Waals surface area contributed by atoms with Gasteiger partial charge in [0.25, 0.3) is 5.91 Å². The van der Waals surface area contributed by atoms with Gasteiger partial charge in [0.1, 0.15) is 29.4 Å². The van der Waals surface area contributed by atoms with Crippen molar-refractivity contribution in [2.24, 2.45) is 7.05 Å². The zero-order chi connectivity index (χ0) is 30.0. The highest BCUT2D eigenvalue weighted by molar-refractivity contribution is 6.12. The van der Waals surface area contributed by atoms with Crippen LogP contribution in [0, 0.1) is 0 Å². The van der Waals surface area contributed by atoms with Crippen molar-refractivity contribution in [1.29, 1.82) is 0 Å². The maximum Gasteiger partial charge on any atom is 0.417 e. The molecule has 3 aliphatic rings. The van der Waals surface area contributed by atoms with E-state index in [1.807, 2.05) is 42.1 Å². The van der Waals surface area contributed by atoms with Crippen LogP contribution in [-0.2, 0) is 18.3 Å². The molecule has 222 valence electrons. The van der Waals surface area contributed by atoms with E-state index in [0.29, 0.717) is 40.8 Å². The fraction of sp³-hybridized carbons (Fsp3) is 0.387. The first-order valence-corrected chi connectivity index (χ1v) is 14.4. The SMILES string of the molecule is CN1CCN2c3ccc(Nc4cnc(-c5ccnc6c5ccn6C)c5c4C(=O)N(C(=O)OC(C)(C)C)C5)nc3OC[C@H]2C1. The second-order valence-electron chi connectivity index (χ2n) is 12.3. The van der Waals surface area contributed by atoms with E-state index in [4.69, 9.17) is 19.4 Å². The monoisotopic (exact) mass is 582 g/mol. The average Bonchev–Trinajstić information content (AvgIpc) is 3.52. The van der Waals surface area contributed by atoms with Gasteiger partial charge in [0.15, 0.2) is 0 Å². The topological polar surface area (TPSA) is 118 Å². The Bertz CT molecular complexity index is 1780. The third-order valence-corrected chi connectivity index (χ3v) is 8.10. The number of fused-ring (bicyclic) bond motifs is 5. The number of hydrogen-bond donors (Lipinski definition) is 1. The molecule has 7 rings (SSSR count). The highest BCUT2D eigenvalue weighted by atomic mass is 16.6. The summed E-state index contributed by atoms with van der Waals surface area (Å²) in [4.78, 5) is 46.9. The van der Waals surface area contributed by atoms with E-state index >= 15 is 0 Å². The van der Waals surface area contributed by atoms with Gasteiger partial charge < -0.3 is 29.2 Å². The van der Waals surface area contributed by atoms with Crippen molar-refractivity contribution in [2.75, 3.05) is 43.5 Å². The number of carbonyl (C=O) groups is 2. The number of carbonyl (C=O) groups excluding carboxylic acids is 2. The summed E-state index contributed by atoms with van der Waals surface area (Å²) in [7, 11) is 4.05. The molecule has 7 heterocycles. The van der Waals surface area contributed by atoms with Gasteiger partial charge in [0.05, 0.1) is 35.7 Å². The largest absolute Gasteiger partial charge is 0.474 e. The second kappa shape index (κ2) is 9.94. The number of hydrogen-bond acceptors (Lipinski definition) is 10. The highest BCUT2D eigenvalue weighted by Crippen LogP contribution is 2.40. The van der Waals surface area contributed by atoms with E-state index < -0.39 is 17.6 Å². The third kappa shape index (κ3) is 4.71. The van der Waals surface area contributed by atoms with Gasteiger partial charge in [-0.25, -0.2) is 14.7 Å². The van der Waals surface area contributed by atoms with Crippen LogP contribution in [-0.4, -0.2) is 86.3 Å². The second-order valence-corrected chi connectivity index (χ2v) is 12.3. The van der Waals surface area contributed by atoms with Gasteiger partial charge >= 0.3 is 6.09 Å². The molecule has 4 aromatic heterocycles. The molecule has 12 nitrogen and oxygen atoms in total. The normalized spacial score (nSPS) is 18.3. The molecule has 0 unspecified atom stereocenters. The van der Waals surface area contributed by atoms with E-state index in [1.165, 1.54) is 0 Å². The quantitative estimate of drug-likeness (QED) is 0.377. The van der Waals surface area contributed by atoms with Crippen LogP contribution >= 0.6 is 0 Å². The molecule has 1 saturated heterocycles. The molecule has 0 aliphatic carbocycles. The van der Waals surface area contributed by atoms with E-state index in [0.717, 1.165) is 46.8 Å². The number of rotatable bonds is 3. The molecule has 1 atom stereocenters. The van der Waals surface area contributed by atoms with Crippen molar-refractivity contribution in [1.82, 2.24) is 29.3 Å². The molecule has 1 N–H and O–H groups in total. The summed E-state index contributed by atoms with van der Waals surface area (Å²) in [5.41, 5.74) is 3.88. The number of piperazine rings is 1. The predicted molar refractivity (Wildman–Crippen MR) is 162 cm³/mol. The van der Waals surface area contributed by atoms with E-state index in [2.05, 4.69) is 27.1 Å². The number of nitrogens with zero attached hydrogens (tertiary/aromatic N) is 7. The minimum Gasteiger partial charge on any atom is -0.474 e. The summed E-state index contributed by atoms with van der Waals surface area (Å²) in [6, 6.07) is 8.02. The van der Waals surface area contributed by atoms with Gasteiger partial charge in [-0.15, -0.1) is 0 Å². The first-order chi connectivity index (χ1) is 20.6. The van der Waals surface area contributed by atoms with Gasteiger partial charge in [0.2, 0.25) is 5.88 Å².